The Labute approximate surface area is 274 Å². The molecule has 0 aliphatic rings. The van der Waals surface area contributed by atoms with Gasteiger partial charge in [-0.2, -0.15) is 0 Å². The van der Waals surface area contributed by atoms with E-state index < -0.39 is 41.6 Å². The topological polar surface area (TPSA) is 112 Å². The second-order valence-corrected chi connectivity index (χ2v) is 12.7. The molecule has 0 aliphatic heterocycles. The van der Waals surface area contributed by atoms with Crippen molar-refractivity contribution in [3.8, 4) is 10.4 Å². The quantitative estimate of drug-likeness (QED) is 0.146. The molecule has 0 saturated heterocycles. The van der Waals surface area contributed by atoms with Gasteiger partial charge < -0.3 is 20.1 Å². The number of aliphatic hydroxyl groups excluding tert-OH is 2. The number of Topliss-reactive ketones (excluding diaryl/α,β-unsaturated/α-hetero) is 1. The number of carbonyl (C=O) groups is 2. The van der Waals surface area contributed by atoms with E-state index >= 15 is 0 Å². The fourth-order valence-electron chi connectivity index (χ4n) is 5.37. The fraction of sp³-hybridized carbons (Fsp3) is 0.250. The van der Waals surface area contributed by atoms with Crippen LogP contribution in [0.4, 0.5) is 14.5 Å². The standard InChI is InChI=1S/C36H35F2N3O5S/c1-21(2)32(44)27-19-41(18-25-28(37)10-7-11-29(25)38)36-31(33(27)45)26(17-40(3)16-22-8-5-4-6-9-22)34(47-36)23-12-14-24(15-13-23)39-35(46)30(43)20-42/h4-15,19,21,30,42-43H,16-18,20H2,1-3H3,(H,39,46)/t30-/m0/s1. The van der Waals surface area contributed by atoms with E-state index in [0.29, 0.717) is 45.0 Å². The summed E-state index contributed by atoms with van der Waals surface area (Å²) in [6, 6.07) is 20.2. The van der Waals surface area contributed by atoms with Gasteiger partial charge in [0.2, 0.25) is 5.43 Å². The molecule has 0 fully saturated rings. The number of rotatable bonds is 12. The minimum Gasteiger partial charge on any atom is -0.393 e. The van der Waals surface area contributed by atoms with Gasteiger partial charge in [0, 0.05) is 41.3 Å². The van der Waals surface area contributed by atoms with Crippen molar-refractivity contribution in [1.82, 2.24) is 9.47 Å². The zero-order valence-electron chi connectivity index (χ0n) is 26.2. The van der Waals surface area contributed by atoms with E-state index in [-0.39, 0.29) is 23.5 Å². The fourth-order valence-corrected chi connectivity index (χ4v) is 6.66. The Hall–Kier alpha value is -4.55. The third-order valence-corrected chi connectivity index (χ3v) is 9.12. The molecule has 2 heterocycles. The molecule has 0 bridgehead atoms. The molecule has 3 aromatic carbocycles. The van der Waals surface area contributed by atoms with Crippen LogP contribution in [-0.2, 0) is 24.4 Å². The number of nitrogens with one attached hydrogen (secondary N) is 1. The van der Waals surface area contributed by atoms with Crippen molar-refractivity contribution >= 4 is 38.9 Å². The molecule has 0 saturated carbocycles. The van der Waals surface area contributed by atoms with Crippen molar-refractivity contribution in [2.24, 2.45) is 5.92 Å². The first-order valence-corrected chi connectivity index (χ1v) is 15.9. The van der Waals surface area contributed by atoms with Crippen molar-refractivity contribution in [2.45, 2.75) is 39.6 Å². The number of benzene rings is 3. The zero-order chi connectivity index (χ0) is 33.8. The van der Waals surface area contributed by atoms with Crippen molar-refractivity contribution in [3.63, 3.8) is 0 Å². The van der Waals surface area contributed by atoms with Crippen LogP contribution in [0.1, 0.15) is 40.9 Å². The Bertz CT molecular complexity index is 1950. The van der Waals surface area contributed by atoms with E-state index in [9.17, 15) is 28.3 Å². The van der Waals surface area contributed by atoms with E-state index in [4.69, 9.17) is 5.11 Å². The predicted octanol–water partition coefficient (Wildman–Crippen LogP) is 5.82. The number of anilines is 1. The average molecular weight is 660 g/mol. The summed E-state index contributed by atoms with van der Waals surface area (Å²) in [4.78, 5) is 42.9. The number of amides is 1. The molecular formula is C36H35F2N3O5S. The monoisotopic (exact) mass is 659 g/mol. The normalized spacial score (nSPS) is 12.2. The van der Waals surface area contributed by atoms with Crippen LogP contribution in [-0.4, -0.2) is 51.1 Å². The highest BCUT2D eigenvalue weighted by Crippen LogP contribution is 2.39. The number of aromatic nitrogens is 1. The maximum Gasteiger partial charge on any atom is 0.255 e. The Balaban J connectivity index is 1.70. The van der Waals surface area contributed by atoms with Gasteiger partial charge >= 0.3 is 0 Å². The SMILES string of the molecule is CC(C)C(=O)c1cn(Cc2c(F)cccc2F)c2sc(-c3ccc(NC(=O)[C@@H](O)CO)cc3)c(CN(C)Cc3ccccc3)c2c1=O. The summed E-state index contributed by atoms with van der Waals surface area (Å²) >= 11 is 1.27. The van der Waals surface area contributed by atoms with Crippen LogP contribution in [0.5, 0.6) is 0 Å². The summed E-state index contributed by atoms with van der Waals surface area (Å²) in [6.45, 7) is 3.30. The molecule has 3 N–H and O–H groups in total. The molecule has 0 spiro atoms. The lowest BCUT2D eigenvalue weighted by Crippen LogP contribution is -2.30. The molecule has 11 heteroatoms. The number of pyridine rings is 1. The maximum atomic E-state index is 14.9. The second-order valence-electron chi connectivity index (χ2n) is 11.7. The molecule has 244 valence electrons. The minimum atomic E-state index is -1.57. The number of nitrogens with zero attached hydrogens (tertiary/aromatic N) is 2. The molecular weight excluding hydrogens is 624 g/mol. The molecule has 8 nitrogen and oxygen atoms in total. The van der Waals surface area contributed by atoms with E-state index in [0.717, 1.165) is 5.56 Å². The summed E-state index contributed by atoms with van der Waals surface area (Å²) in [5.41, 5.74) is 2.11. The van der Waals surface area contributed by atoms with Gasteiger partial charge in [0.05, 0.1) is 24.1 Å². The lowest BCUT2D eigenvalue weighted by molar-refractivity contribution is -0.125. The summed E-state index contributed by atoms with van der Waals surface area (Å²) in [7, 11) is 1.92. The van der Waals surface area contributed by atoms with Gasteiger partial charge in [-0.1, -0.05) is 62.4 Å². The maximum absolute atomic E-state index is 14.9. The molecule has 0 unspecified atom stereocenters. The molecule has 1 amide bonds. The van der Waals surface area contributed by atoms with Crippen LogP contribution in [0.3, 0.4) is 0 Å². The first-order valence-electron chi connectivity index (χ1n) is 15.1. The molecule has 5 aromatic rings. The van der Waals surface area contributed by atoms with Gasteiger partial charge in [0.1, 0.15) is 16.5 Å². The smallest absolute Gasteiger partial charge is 0.255 e. The highest BCUT2D eigenvalue weighted by atomic mass is 32.1. The number of hydrogen-bond donors (Lipinski definition) is 3. The van der Waals surface area contributed by atoms with E-state index in [1.807, 2.05) is 42.3 Å². The largest absolute Gasteiger partial charge is 0.393 e. The van der Waals surface area contributed by atoms with E-state index in [1.165, 1.54) is 35.7 Å². The number of fused-ring (bicyclic) bond motifs is 1. The third-order valence-electron chi connectivity index (χ3n) is 7.80. The highest BCUT2D eigenvalue weighted by Gasteiger charge is 2.26. The molecule has 2 aromatic heterocycles. The van der Waals surface area contributed by atoms with E-state index in [2.05, 4.69) is 5.32 Å². The summed E-state index contributed by atoms with van der Waals surface area (Å²) < 4.78 is 31.4. The number of halogens is 2. The third kappa shape index (κ3) is 7.39. The van der Waals surface area contributed by atoms with Crippen molar-refractivity contribution in [2.75, 3.05) is 19.0 Å². The summed E-state index contributed by atoms with van der Waals surface area (Å²) in [5, 5.41) is 21.6. The Morgan fingerprint density at radius 2 is 1.60 bits per heavy atom. The molecule has 47 heavy (non-hydrogen) atoms. The molecule has 0 aliphatic carbocycles. The summed E-state index contributed by atoms with van der Waals surface area (Å²) in [5.74, 6) is -3.10. The average Bonchev–Trinajstić information content (AvgIpc) is 3.43. The molecule has 1 atom stereocenters. The number of aliphatic hydroxyl groups is 2. The van der Waals surface area contributed by atoms with Crippen molar-refractivity contribution in [3.05, 3.63) is 123 Å². The van der Waals surface area contributed by atoms with E-state index in [1.54, 1.807) is 42.7 Å². The molecule has 5 rings (SSSR count). The second kappa shape index (κ2) is 14.5. The number of thiophene rings is 1. The highest BCUT2D eigenvalue weighted by molar-refractivity contribution is 7.22. The van der Waals surface area contributed by atoms with Crippen LogP contribution in [0.15, 0.2) is 83.8 Å². The lowest BCUT2D eigenvalue weighted by Gasteiger charge is -2.18. The number of carbonyl (C=O) groups excluding carboxylic acids is 2. The Morgan fingerprint density at radius 1 is 0.936 bits per heavy atom. The zero-order valence-corrected chi connectivity index (χ0v) is 27.0. The number of ketones is 1. The summed E-state index contributed by atoms with van der Waals surface area (Å²) in [6.07, 6.45) is -0.168. The first kappa shape index (κ1) is 33.8. The van der Waals surface area contributed by atoms with Crippen LogP contribution in [0.2, 0.25) is 0 Å². The van der Waals surface area contributed by atoms with Gasteiger partial charge in [-0.15, -0.1) is 11.3 Å². The van der Waals surface area contributed by atoms with Crippen LogP contribution < -0.4 is 10.7 Å². The van der Waals surface area contributed by atoms with Gasteiger partial charge in [-0.25, -0.2) is 8.78 Å². The van der Waals surface area contributed by atoms with Crippen molar-refractivity contribution < 1.29 is 28.6 Å². The first-order chi connectivity index (χ1) is 22.5. The van der Waals surface area contributed by atoms with Crippen LogP contribution in [0.25, 0.3) is 20.7 Å². The minimum absolute atomic E-state index is 0.0546. The lowest BCUT2D eigenvalue weighted by atomic mass is 9.99. The number of hydrogen-bond acceptors (Lipinski definition) is 7. The van der Waals surface area contributed by atoms with Crippen LogP contribution in [0, 0.1) is 17.6 Å². The van der Waals surface area contributed by atoms with Gasteiger partial charge in [0.25, 0.3) is 5.91 Å². The van der Waals surface area contributed by atoms with Gasteiger partial charge in [-0.3, -0.25) is 19.3 Å². The van der Waals surface area contributed by atoms with Gasteiger partial charge in [0.15, 0.2) is 11.9 Å². The molecule has 0 radical (unpaired) electrons. The van der Waals surface area contributed by atoms with Crippen LogP contribution >= 0.6 is 11.3 Å². The Kier molecular flexibility index (Phi) is 10.4. The van der Waals surface area contributed by atoms with Crippen molar-refractivity contribution in [1.29, 1.82) is 0 Å². The predicted molar refractivity (Wildman–Crippen MR) is 179 cm³/mol. The Morgan fingerprint density at radius 3 is 2.21 bits per heavy atom. The van der Waals surface area contributed by atoms with Gasteiger partial charge in [-0.05, 0) is 48.0 Å².